The molecule has 1 atom stereocenters. The summed E-state index contributed by atoms with van der Waals surface area (Å²) in [5.74, 6) is 7.34. The van der Waals surface area contributed by atoms with Gasteiger partial charge in [-0.05, 0) is 38.5 Å². The maximum atomic E-state index is 5.63. The van der Waals surface area contributed by atoms with Crippen LogP contribution in [0.25, 0.3) is 0 Å². The fourth-order valence-corrected chi connectivity index (χ4v) is 2.70. The number of nitrogens with one attached hydrogen (secondary N) is 1. The molecule has 0 saturated heterocycles. The van der Waals surface area contributed by atoms with E-state index in [1.807, 2.05) is 0 Å². The Hall–Kier alpha value is -0.770. The Morgan fingerprint density at radius 2 is 1.88 bits per heavy atom. The maximum Gasteiger partial charge on any atom is 0.208 e. The number of aliphatic imine (C=N–C) groups is 1. The second-order valence-corrected chi connectivity index (χ2v) is 5.58. The highest BCUT2D eigenvalue weighted by atomic mass is 15.4. The molecule has 0 heterocycles. The zero-order chi connectivity index (χ0) is 12.3. The molecule has 2 aliphatic carbocycles. The van der Waals surface area contributed by atoms with Crippen LogP contribution >= 0.6 is 0 Å². The number of hydrogen-bond donors (Lipinski definition) is 2. The fourth-order valence-electron chi connectivity index (χ4n) is 2.70. The van der Waals surface area contributed by atoms with E-state index in [0.717, 1.165) is 11.9 Å². The molecule has 0 radical (unpaired) electrons. The standard InChI is InChI=1S/C13H26N4/c1-10(11-8-9-11)17(2)13(16-14)15-12-6-4-3-5-7-12/h10-12H,3-9,14H2,1-2H3,(H,15,16). The van der Waals surface area contributed by atoms with Gasteiger partial charge in [0.1, 0.15) is 0 Å². The van der Waals surface area contributed by atoms with E-state index in [0.29, 0.717) is 12.1 Å². The quantitative estimate of drug-likeness (QED) is 0.341. The molecule has 98 valence electrons. The van der Waals surface area contributed by atoms with Crippen LogP contribution in [-0.2, 0) is 0 Å². The van der Waals surface area contributed by atoms with Gasteiger partial charge in [0.15, 0.2) is 0 Å². The van der Waals surface area contributed by atoms with Gasteiger partial charge in [-0.2, -0.15) is 0 Å². The molecule has 0 aromatic heterocycles. The van der Waals surface area contributed by atoms with Crippen LogP contribution < -0.4 is 11.3 Å². The lowest BCUT2D eigenvalue weighted by molar-refractivity contribution is 0.336. The van der Waals surface area contributed by atoms with E-state index in [9.17, 15) is 0 Å². The highest BCUT2D eigenvalue weighted by Gasteiger charge is 2.31. The van der Waals surface area contributed by atoms with Crippen molar-refractivity contribution >= 4 is 5.96 Å². The minimum Gasteiger partial charge on any atom is -0.342 e. The van der Waals surface area contributed by atoms with Gasteiger partial charge in [-0.3, -0.25) is 5.43 Å². The lowest BCUT2D eigenvalue weighted by Crippen LogP contribution is -2.48. The Morgan fingerprint density at radius 1 is 1.24 bits per heavy atom. The zero-order valence-corrected chi connectivity index (χ0v) is 11.2. The van der Waals surface area contributed by atoms with Gasteiger partial charge in [0.2, 0.25) is 5.96 Å². The molecule has 2 saturated carbocycles. The predicted octanol–water partition coefficient (Wildman–Crippen LogP) is 1.87. The van der Waals surface area contributed by atoms with E-state index in [1.54, 1.807) is 0 Å². The van der Waals surface area contributed by atoms with Crippen molar-refractivity contribution in [3.8, 4) is 0 Å². The smallest absolute Gasteiger partial charge is 0.208 e. The van der Waals surface area contributed by atoms with Crippen molar-refractivity contribution in [2.75, 3.05) is 7.05 Å². The number of nitrogens with two attached hydrogens (primary N) is 1. The molecule has 2 fully saturated rings. The summed E-state index contributed by atoms with van der Waals surface area (Å²) in [5, 5.41) is 0. The third-order valence-electron chi connectivity index (χ3n) is 4.26. The van der Waals surface area contributed by atoms with Crippen molar-refractivity contribution in [2.45, 2.75) is 64.0 Å². The summed E-state index contributed by atoms with van der Waals surface area (Å²) in [6, 6.07) is 1.03. The van der Waals surface area contributed by atoms with E-state index >= 15 is 0 Å². The lowest BCUT2D eigenvalue weighted by atomic mass is 9.96. The number of rotatable bonds is 3. The first kappa shape index (κ1) is 12.7. The third kappa shape index (κ3) is 3.35. The van der Waals surface area contributed by atoms with E-state index in [1.165, 1.54) is 44.9 Å². The topological polar surface area (TPSA) is 53.6 Å². The van der Waals surface area contributed by atoms with Crippen molar-refractivity contribution < 1.29 is 0 Å². The van der Waals surface area contributed by atoms with Crippen LogP contribution in [0.5, 0.6) is 0 Å². The van der Waals surface area contributed by atoms with Crippen molar-refractivity contribution in [3.05, 3.63) is 0 Å². The van der Waals surface area contributed by atoms with Gasteiger partial charge in [0.25, 0.3) is 0 Å². The van der Waals surface area contributed by atoms with E-state index in [-0.39, 0.29) is 0 Å². The molecule has 0 aromatic carbocycles. The summed E-state index contributed by atoms with van der Waals surface area (Å²) in [5.41, 5.74) is 2.79. The largest absolute Gasteiger partial charge is 0.342 e. The summed E-state index contributed by atoms with van der Waals surface area (Å²) in [4.78, 5) is 7.01. The molecule has 0 aromatic rings. The molecule has 2 aliphatic rings. The SMILES string of the molecule is CC(C1CC1)N(C)C(=NC1CCCCC1)NN. The normalized spacial score (nSPS) is 24.5. The summed E-state index contributed by atoms with van der Waals surface area (Å²) < 4.78 is 0. The van der Waals surface area contributed by atoms with E-state index in [2.05, 4.69) is 24.3 Å². The Morgan fingerprint density at radius 3 is 2.41 bits per heavy atom. The number of nitrogens with zero attached hydrogens (tertiary/aromatic N) is 2. The molecule has 17 heavy (non-hydrogen) atoms. The summed E-state index contributed by atoms with van der Waals surface area (Å²) in [6.07, 6.45) is 9.14. The Balaban J connectivity index is 1.95. The molecule has 0 bridgehead atoms. The summed E-state index contributed by atoms with van der Waals surface area (Å²) in [7, 11) is 2.10. The van der Waals surface area contributed by atoms with Crippen LogP contribution in [0.3, 0.4) is 0 Å². The minimum atomic E-state index is 0.476. The van der Waals surface area contributed by atoms with Crippen LogP contribution in [0, 0.1) is 5.92 Å². The molecule has 4 heteroatoms. The minimum absolute atomic E-state index is 0.476. The second kappa shape index (κ2) is 5.71. The fraction of sp³-hybridized carbons (Fsp3) is 0.923. The van der Waals surface area contributed by atoms with Crippen molar-refractivity contribution in [1.29, 1.82) is 0 Å². The Labute approximate surface area is 105 Å². The van der Waals surface area contributed by atoms with Gasteiger partial charge in [0, 0.05) is 13.1 Å². The lowest BCUT2D eigenvalue weighted by Gasteiger charge is -2.29. The van der Waals surface area contributed by atoms with Gasteiger partial charge in [0.05, 0.1) is 6.04 Å². The maximum absolute atomic E-state index is 5.63. The average molecular weight is 238 g/mol. The molecule has 3 N–H and O–H groups in total. The molecule has 1 unspecified atom stereocenters. The predicted molar refractivity (Wildman–Crippen MR) is 71.6 cm³/mol. The van der Waals surface area contributed by atoms with Crippen molar-refractivity contribution in [2.24, 2.45) is 16.8 Å². The van der Waals surface area contributed by atoms with Gasteiger partial charge >= 0.3 is 0 Å². The van der Waals surface area contributed by atoms with Crippen LogP contribution in [0.2, 0.25) is 0 Å². The summed E-state index contributed by atoms with van der Waals surface area (Å²) in [6.45, 7) is 2.27. The Bertz CT molecular complexity index is 267. The first-order valence-corrected chi connectivity index (χ1v) is 6.99. The molecule has 2 rings (SSSR count). The number of hydrazine groups is 1. The number of hydrogen-bond acceptors (Lipinski definition) is 2. The summed E-state index contributed by atoms with van der Waals surface area (Å²) >= 11 is 0. The molecule has 0 aliphatic heterocycles. The number of guanidine groups is 1. The van der Waals surface area contributed by atoms with Crippen LogP contribution in [0.1, 0.15) is 51.9 Å². The molecular formula is C13H26N4. The third-order valence-corrected chi connectivity index (χ3v) is 4.26. The van der Waals surface area contributed by atoms with Gasteiger partial charge < -0.3 is 4.90 Å². The van der Waals surface area contributed by atoms with Crippen LogP contribution in [-0.4, -0.2) is 30.0 Å². The highest BCUT2D eigenvalue weighted by molar-refractivity contribution is 5.79. The highest BCUT2D eigenvalue weighted by Crippen LogP contribution is 2.34. The molecular weight excluding hydrogens is 212 g/mol. The zero-order valence-electron chi connectivity index (χ0n) is 11.2. The van der Waals surface area contributed by atoms with Crippen molar-refractivity contribution in [1.82, 2.24) is 10.3 Å². The van der Waals surface area contributed by atoms with Gasteiger partial charge in [-0.25, -0.2) is 10.8 Å². The second-order valence-electron chi connectivity index (χ2n) is 5.58. The first-order chi connectivity index (χ1) is 8.22. The molecule has 0 spiro atoms. The molecule has 0 amide bonds. The van der Waals surface area contributed by atoms with Gasteiger partial charge in [-0.1, -0.05) is 19.3 Å². The average Bonchev–Trinajstić information content (AvgIpc) is 3.19. The van der Waals surface area contributed by atoms with E-state index < -0.39 is 0 Å². The van der Waals surface area contributed by atoms with Crippen LogP contribution in [0.15, 0.2) is 4.99 Å². The molecule has 4 nitrogen and oxygen atoms in total. The van der Waals surface area contributed by atoms with E-state index in [4.69, 9.17) is 10.8 Å². The van der Waals surface area contributed by atoms with Crippen LogP contribution in [0.4, 0.5) is 0 Å². The first-order valence-electron chi connectivity index (χ1n) is 6.99. The van der Waals surface area contributed by atoms with Gasteiger partial charge in [-0.15, -0.1) is 0 Å². The van der Waals surface area contributed by atoms with Crippen molar-refractivity contribution in [3.63, 3.8) is 0 Å². The Kier molecular flexibility index (Phi) is 4.26. The monoisotopic (exact) mass is 238 g/mol.